The molecule has 0 atom stereocenters. The van der Waals surface area contributed by atoms with Crippen molar-refractivity contribution in [1.29, 1.82) is 0 Å². The summed E-state index contributed by atoms with van der Waals surface area (Å²) >= 11 is 0. The van der Waals surface area contributed by atoms with Crippen molar-refractivity contribution in [3.05, 3.63) is 119 Å². The van der Waals surface area contributed by atoms with Crippen molar-refractivity contribution in [3.8, 4) is 22.8 Å². The number of fused-ring (bicyclic) bond motifs is 12. The fourth-order valence-corrected chi connectivity index (χ4v) is 7.22. The predicted molar refractivity (Wildman–Crippen MR) is 185 cm³/mol. The van der Waals surface area contributed by atoms with Crippen molar-refractivity contribution in [1.82, 2.24) is 28.7 Å². The molecule has 9 rings (SSSR count). The van der Waals surface area contributed by atoms with Crippen molar-refractivity contribution in [2.75, 3.05) is 0 Å². The Hall–Kier alpha value is -5.82. The van der Waals surface area contributed by atoms with Gasteiger partial charge in [-0.3, -0.25) is 8.80 Å². The molecule has 6 heterocycles. The number of hydrogen-bond donors (Lipinski definition) is 0. The van der Waals surface area contributed by atoms with E-state index in [1.165, 1.54) is 16.7 Å². The third-order valence-corrected chi connectivity index (χ3v) is 9.28. The largest absolute Gasteiger partial charge is 0.457 e. The smallest absolute Gasteiger partial charge is 0.147 e. The number of benzene rings is 3. The Kier molecular flexibility index (Phi) is 5.54. The van der Waals surface area contributed by atoms with Crippen molar-refractivity contribution in [2.24, 2.45) is 0 Å². The van der Waals surface area contributed by atoms with E-state index in [1.807, 2.05) is 43.6 Å². The van der Waals surface area contributed by atoms with Gasteiger partial charge in [0, 0.05) is 51.4 Å². The molecule has 0 fully saturated rings. The van der Waals surface area contributed by atoms with Gasteiger partial charge < -0.3 is 4.74 Å². The molecule has 0 aliphatic carbocycles. The maximum Gasteiger partial charge on any atom is 0.147 e. The highest BCUT2D eigenvalue weighted by Crippen LogP contribution is 2.37. The van der Waals surface area contributed by atoms with Gasteiger partial charge >= 0.3 is 0 Å². The number of ether oxygens (including phenoxy) is 1. The van der Waals surface area contributed by atoms with Gasteiger partial charge in [0.1, 0.15) is 34.1 Å². The van der Waals surface area contributed by atoms with Crippen LogP contribution in [0, 0.1) is 34.6 Å². The van der Waals surface area contributed by atoms with Crippen molar-refractivity contribution in [3.63, 3.8) is 0 Å². The van der Waals surface area contributed by atoms with Crippen LogP contribution in [0.4, 0.5) is 0 Å². The normalized spacial score (nSPS) is 12.0. The fraction of sp³-hybridized carbons (Fsp3) is 0.128. The molecule has 0 saturated heterocycles. The molecule has 7 nitrogen and oxygen atoms in total. The quantitative estimate of drug-likeness (QED) is 0.190. The number of imidazole rings is 2. The molecule has 0 aliphatic heterocycles. The van der Waals surface area contributed by atoms with Crippen molar-refractivity contribution in [2.45, 2.75) is 34.6 Å². The molecule has 0 amide bonds. The van der Waals surface area contributed by atoms with Crippen molar-refractivity contribution < 1.29 is 4.74 Å². The minimum absolute atomic E-state index is 0.735. The highest BCUT2D eigenvalue weighted by molar-refractivity contribution is 6.12. The lowest BCUT2D eigenvalue weighted by atomic mass is 9.98. The SMILES string of the molecule is Cc1cc(C)c(-c2cn3c4ncccc4c4ccc(Oc5ccc6c7cccnc7n7c(C)c(C)nc7c6c5)cc4c3n2)c(C)c1. The van der Waals surface area contributed by atoms with Crippen LogP contribution in [0.25, 0.3) is 66.2 Å². The molecule has 9 aromatic rings. The zero-order chi connectivity index (χ0) is 31.3. The predicted octanol–water partition coefficient (Wildman–Crippen LogP) is 9.39. The van der Waals surface area contributed by atoms with Crippen LogP contribution in [0.3, 0.4) is 0 Å². The van der Waals surface area contributed by atoms with E-state index in [1.54, 1.807) is 0 Å². The van der Waals surface area contributed by atoms with Crippen molar-refractivity contribution >= 4 is 54.9 Å². The van der Waals surface area contributed by atoms with Crippen LogP contribution in [0.1, 0.15) is 28.1 Å². The molecule has 7 heteroatoms. The lowest BCUT2D eigenvalue weighted by molar-refractivity contribution is 0.484. The topological polar surface area (TPSA) is 69.6 Å². The maximum atomic E-state index is 6.59. The van der Waals surface area contributed by atoms with E-state index in [9.17, 15) is 0 Å². The molecular weight excluding hydrogens is 568 g/mol. The molecule has 0 bridgehead atoms. The van der Waals surface area contributed by atoms with E-state index in [0.717, 1.165) is 89.1 Å². The van der Waals surface area contributed by atoms with Crippen LogP contribution < -0.4 is 4.74 Å². The maximum absolute atomic E-state index is 6.59. The molecule has 222 valence electrons. The minimum atomic E-state index is 0.735. The summed E-state index contributed by atoms with van der Waals surface area (Å²) in [4.78, 5) is 19.7. The summed E-state index contributed by atoms with van der Waals surface area (Å²) in [6.07, 6.45) is 5.79. The van der Waals surface area contributed by atoms with Gasteiger partial charge in [0.25, 0.3) is 0 Å². The van der Waals surface area contributed by atoms with Crippen LogP contribution in [0.5, 0.6) is 11.5 Å². The van der Waals surface area contributed by atoms with Crippen LogP contribution in [0.2, 0.25) is 0 Å². The molecular formula is C39H30N6O. The molecule has 0 N–H and O–H groups in total. The fourth-order valence-electron chi connectivity index (χ4n) is 7.22. The van der Waals surface area contributed by atoms with Gasteiger partial charge in [-0.2, -0.15) is 0 Å². The van der Waals surface area contributed by atoms with Crippen LogP contribution in [-0.4, -0.2) is 28.7 Å². The van der Waals surface area contributed by atoms with Gasteiger partial charge in [-0.05, 0) is 117 Å². The van der Waals surface area contributed by atoms with E-state index >= 15 is 0 Å². The van der Waals surface area contributed by atoms with E-state index in [-0.39, 0.29) is 0 Å². The Bertz CT molecular complexity index is 2710. The van der Waals surface area contributed by atoms with E-state index in [2.05, 4.69) is 91.2 Å². The highest BCUT2D eigenvalue weighted by atomic mass is 16.5. The Labute approximate surface area is 264 Å². The molecule has 3 aromatic carbocycles. The number of aromatic nitrogens is 6. The Morgan fingerprint density at radius 3 is 1.85 bits per heavy atom. The summed E-state index contributed by atoms with van der Waals surface area (Å²) in [5.41, 5.74) is 11.4. The Morgan fingerprint density at radius 2 is 1.17 bits per heavy atom. The second-order valence-electron chi connectivity index (χ2n) is 12.3. The number of pyridine rings is 4. The van der Waals surface area contributed by atoms with Crippen LogP contribution >= 0.6 is 0 Å². The lowest BCUT2D eigenvalue weighted by Gasteiger charge is -2.12. The van der Waals surface area contributed by atoms with Gasteiger partial charge in [-0.15, -0.1) is 0 Å². The first-order valence-electron chi connectivity index (χ1n) is 15.5. The molecule has 0 unspecified atom stereocenters. The summed E-state index contributed by atoms with van der Waals surface area (Å²) in [5.74, 6) is 1.47. The van der Waals surface area contributed by atoms with Gasteiger partial charge in [0.2, 0.25) is 0 Å². The number of hydrogen-bond acceptors (Lipinski definition) is 5. The van der Waals surface area contributed by atoms with Gasteiger partial charge in [0.15, 0.2) is 0 Å². The average Bonchev–Trinajstić information content (AvgIpc) is 3.62. The number of nitrogens with zero attached hydrogens (tertiary/aromatic N) is 6. The molecule has 46 heavy (non-hydrogen) atoms. The summed E-state index contributed by atoms with van der Waals surface area (Å²) in [6.45, 7) is 10.6. The Morgan fingerprint density at radius 1 is 0.565 bits per heavy atom. The summed E-state index contributed by atoms with van der Waals surface area (Å²) in [5, 5.41) is 6.36. The standard InChI is InChI=1S/C39H30N6O/c1-21-16-22(2)35(23(3)17-21)34-20-44-36-30(8-6-14-40-36)28-12-10-26(18-32(28)38(44)43-34)46-27-11-13-29-31-9-7-15-41-37(31)45-25(5)24(4)42-39(45)33(29)19-27/h6-20H,1-5H3. The highest BCUT2D eigenvalue weighted by Gasteiger charge is 2.18. The average molecular weight is 599 g/mol. The van der Waals surface area contributed by atoms with Crippen LogP contribution in [0.15, 0.2) is 91.4 Å². The molecule has 6 aromatic heterocycles. The summed E-state index contributed by atoms with van der Waals surface area (Å²) in [6, 6.07) is 25.1. The summed E-state index contributed by atoms with van der Waals surface area (Å²) < 4.78 is 10.9. The van der Waals surface area contributed by atoms with Gasteiger partial charge in [-0.1, -0.05) is 17.7 Å². The Balaban J connectivity index is 1.23. The second kappa shape index (κ2) is 9.59. The monoisotopic (exact) mass is 598 g/mol. The molecule has 0 radical (unpaired) electrons. The zero-order valence-electron chi connectivity index (χ0n) is 26.3. The van der Waals surface area contributed by atoms with Crippen LogP contribution in [-0.2, 0) is 0 Å². The first kappa shape index (κ1) is 26.6. The van der Waals surface area contributed by atoms with E-state index < -0.39 is 0 Å². The molecule has 0 saturated carbocycles. The first-order valence-corrected chi connectivity index (χ1v) is 15.5. The third kappa shape index (κ3) is 3.78. The number of rotatable bonds is 3. The van der Waals surface area contributed by atoms with Gasteiger partial charge in [0.05, 0.1) is 11.4 Å². The first-order chi connectivity index (χ1) is 22.4. The van der Waals surface area contributed by atoms with E-state index in [0.29, 0.717) is 0 Å². The van der Waals surface area contributed by atoms with E-state index in [4.69, 9.17) is 24.7 Å². The molecule has 0 spiro atoms. The summed E-state index contributed by atoms with van der Waals surface area (Å²) in [7, 11) is 0. The second-order valence-corrected chi connectivity index (χ2v) is 12.3. The number of aryl methyl sites for hydroxylation is 5. The molecule has 0 aliphatic rings. The minimum Gasteiger partial charge on any atom is -0.457 e. The zero-order valence-corrected chi connectivity index (χ0v) is 26.3. The lowest BCUT2D eigenvalue weighted by Crippen LogP contribution is -1.96. The van der Waals surface area contributed by atoms with Gasteiger partial charge in [-0.25, -0.2) is 19.9 Å². The third-order valence-electron chi connectivity index (χ3n) is 9.28.